The van der Waals surface area contributed by atoms with Crippen molar-refractivity contribution in [2.75, 3.05) is 7.11 Å². The van der Waals surface area contributed by atoms with E-state index in [1.807, 2.05) is 0 Å². The SMILES string of the molecule is COCc1c(C=O)c(Br)nn1C. The van der Waals surface area contributed by atoms with Gasteiger partial charge in [-0.2, -0.15) is 5.10 Å². The molecule has 0 saturated carbocycles. The second kappa shape index (κ2) is 3.82. The number of aromatic nitrogens is 2. The van der Waals surface area contributed by atoms with Crippen LogP contribution in [-0.2, 0) is 18.4 Å². The van der Waals surface area contributed by atoms with Crippen molar-refractivity contribution in [3.8, 4) is 0 Å². The number of rotatable bonds is 3. The highest BCUT2D eigenvalue weighted by Crippen LogP contribution is 2.17. The van der Waals surface area contributed by atoms with E-state index < -0.39 is 0 Å². The Balaban J connectivity index is 3.13. The number of aldehydes is 1. The van der Waals surface area contributed by atoms with Crippen molar-refractivity contribution < 1.29 is 9.53 Å². The zero-order valence-electron chi connectivity index (χ0n) is 6.87. The molecule has 1 rings (SSSR count). The molecule has 0 unspecified atom stereocenters. The number of aryl methyl sites for hydroxylation is 1. The number of carbonyl (C=O) groups excluding carboxylic acids is 1. The number of halogens is 1. The molecular formula is C7H9BrN2O2. The van der Waals surface area contributed by atoms with Crippen molar-refractivity contribution in [1.29, 1.82) is 0 Å². The highest BCUT2D eigenvalue weighted by Gasteiger charge is 2.12. The normalized spacial score (nSPS) is 10.2. The summed E-state index contributed by atoms with van der Waals surface area (Å²) in [6.45, 7) is 0.392. The molecule has 1 heterocycles. The molecule has 5 heteroatoms. The van der Waals surface area contributed by atoms with Gasteiger partial charge in [-0.25, -0.2) is 0 Å². The van der Waals surface area contributed by atoms with Gasteiger partial charge in [-0.15, -0.1) is 0 Å². The molecule has 0 aliphatic heterocycles. The fourth-order valence-corrected chi connectivity index (χ4v) is 1.52. The summed E-state index contributed by atoms with van der Waals surface area (Å²) in [5.74, 6) is 0. The van der Waals surface area contributed by atoms with Crippen LogP contribution in [0.2, 0.25) is 0 Å². The molecule has 0 radical (unpaired) electrons. The average Bonchev–Trinajstić information content (AvgIpc) is 2.28. The van der Waals surface area contributed by atoms with Crippen molar-refractivity contribution >= 4 is 22.2 Å². The zero-order chi connectivity index (χ0) is 9.14. The Bertz CT molecular complexity index is 296. The number of methoxy groups -OCH3 is 1. The molecule has 0 amide bonds. The highest BCUT2D eigenvalue weighted by molar-refractivity contribution is 9.10. The van der Waals surface area contributed by atoms with Crippen LogP contribution in [0.25, 0.3) is 0 Å². The van der Waals surface area contributed by atoms with Crippen LogP contribution in [0, 0.1) is 0 Å². The molecule has 0 saturated heterocycles. The molecule has 0 aliphatic carbocycles. The maximum Gasteiger partial charge on any atom is 0.154 e. The standard InChI is InChI=1S/C7H9BrN2O2/c1-10-6(4-12-2)5(3-11)7(8)9-10/h3H,4H2,1-2H3. The third-order valence-corrected chi connectivity index (χ3v) is 2.15. The van der Waals surface area contributed by atoms with E-state index in [0.717, 1.165) is 12.0 Å². The molecule has 1 aromatic rings. The molecule has 12 heavy (non-hydrogen) atoms. The predicted octanol–water partition coefficient (Wildman–Crippen LogP) is 1.14. The van der Waals surface area contributed by atoms with Crippen LogP contribution < -0.4 is 0 Å². The summed E-state index contributed by atoms with van der Waals surface area (Å²) in [7, 11) is 3.35. The second-order valence-corrected chi connectivity index (χ2v) is 3.08. The molecule has 1 aromatic heterocycles. The smallest absolute Gasteiger partial charge is 0.154 e. The topological polar surface area (TPSA) is 44.1 Å². The minimum atomic E-state index is 0.392. The van der Waals surface area contributed by atoms with Gasteiger partial charge in [0.15, 0.2) is 6.29 Å². The van der Waals surface area contributed by atoms with Gasteiger partial charge in [0, 0.05) is 14.2 Å². The van der Waals surface area contributed by atoms with E-state index in [2.05, 4.69) is 21.0 Å². The third-order valence-electron chi connectivity index (χ3n) is 1.56. The molecule has 0 bridgehead atoms. The fourth-order valence-electron chi connectivity index (χ4n) is 0.964. The molecular weight excluding hydrogens is 224 g/mol. The average molecular weight is 233 g/mol. The van der Waals surface area contributed by atoms with Crippen LogP contribution in [0.1, 0.15) is 16.1 Å². The predicted molar refractivity (Wildman–Crippen MR) is 47.0 cm³/mol. The van der Waals surface area contributed by atoms with Crippen molar-refractivity contribution in [3.05, 3.63) is 15.9 Å². The molecule has 4 nitrogen and oxygen atoms in total. The zero-order valence-corrected chi connectivity index (χ0v) is 8.46. The van der Waals surface area contributed by atoms with Gasteiger partial charge >= 0.3 is 0 Å². The quantitative estimate of drug-likeness (QED) is 0.735. The Morgan fingerprint density at radius 1 is 1.75 bits per heavy atom. The summed E-state index contributed by atoms with van der Waals surface area (Å²) in [5.41, 5.74) is 1.33. The Labute approximate surface area is 78.6 Å². The van der Waals surface area contributed by atoms with Gasteiger partial charge < -0.3 is 4.74 Å². The number of hydrogen-bond acceptors (Lipinski definition) is 3. The van der Waals surface area contributed by atoms with Crippen LogP contribution in [0.4, 0.5) is 0 Å². The monoisotopic (exact) mass is 232 g/mol. The Hall–Kier alpha value is -0.680. The first-order valence-electron chi connectivity index (χ1n) is 3.36. The number of ether oxygens (including phenoxy) is 1. The second-order valence-electron chi connectivity index (χ2n) is 2.33. The van der Waals surface area contributed by atoms with Gasteiger partial charge in [-0.1, -0.05) is 0 Å². The molecule has 66 valence electrons. The molecule has 0 fully saturated rings. The van der Waals surface area contributed by atoms with E-state index in [1.54, 1.807) is 18.8 Å². The third kappa shape index (κ3) is 1.56. The number of nitrogens with zero attached hydrogens (tertiary/aromatic N) is 2. The van der Waals surface area contributed by atoms with Crippen molar-refractivity contribution in [2.45, 2.75) is 6.61 Å². The van der Waals surface area contributed by atoms with Gasteiger partial charge in [0.25, 0.3) is 0 Å². The van der Waals surface area contributed by atoms with E-state index in [9.17, 15) is 4.79 Å². The lowest BCUT2D eigenvalue weighted by Crippen LogP contribution is -2.01. The van der Waals surface area contributed by atoms with E-state index in [4.69, 9.17) is 4.74 Å². The Morgan fingerprint density at radius 3 is 2.92 bits per heavy atom. The minimum absolute atomic E-state index is 0.392. The number of hydrogen-bond donors (Lipinski definition) is 0. The molecule has 0 spiro atoms. The summed E-state index contributed by atoms with van der Waals surface area (Å²) in [5, 5.41) is 4.02. The largest absolute Gasteiger partial charge is 0.378 e. The van der Waals surface area contributed by atoms with Crippen molar-refractivity contribution in [3.63, 3.8) is 0 Å². The first-order valence-corrected chi connectivity index (χ1v) is 4.15. The maximum atomic E-state index is 10.6. The summed E-state index contributed by atoms with van der Waals surface area (Å²) in [4.78, 5) is 10.6. The van der Waals surface area contributed by atoms with Crippen LogP contribution in [0.3, 0.4) is 0 Å². The van der Waals surface area contributed by atoms with Crippen molar-refractivity contribution in [2.24, 2.45) is 7.05 Å². The summed E-state index contributed by atoms with van der Waals surface area (Å²) in [6, 6.07) is 0. The van der Waals surface area contributed by atoms with Gasteiger partial charge in [-0.05, 0) is 15.9 Å². The van der Waals surface area contributed by atoms with E-state index in [0.29, 0.717) is 16.8 Å². The summed E-state index contributed by atoms with van der Waals surface area (Å²) < 4.78 is 7.11. The fraction of sp³-hybridized carbons (Fsp3) is 0.429. The first kappa shape index (κ1) is 9.41. The van der Waals surface area contributed by atoms with Crippen molar-refractivity contribution in [1.82, 2.24) is 9.78 Å². The van der Waals surface area contributed by atoms with Crippen LogP contribution >= 0.6 is 15.9 Å². The van der Waals surface area contributed by atoms with Gasteiger partial charge in [0.05, 0.1) is 17.9 Å². The van der Waals surface area contributed by atoms with E-state index in [-0.39, 0.29) is 0 Å². The molecule has 0 atom stereocenters. The van der Waals surface area contributed by atoms with Gasteiger partial charge in [-0.3, -0.25) is 9.48 Å². The van der Waals surface area contributed by atoms with E-state index >= 15 is 0 Å². The Morgan fingerprint density at radius 2 is 2.42 bits per heavy atom. The Kier molecular flexibility index (Phi) is 2.99. The molecule has 0 aromatic carbocycles. The van der Waals surface area contributed by atoms with Crippen LogP contribution in [0.5, 0.6) is 0 Å². The molecule has 0 N–H and O–H groups in total. The summed E-state index contributed by atoms with van der Waals surface area (Å²) in [6.07, 6.45) is 0.769. The lowest BCUT2D eigenvalue weighted by atomic mass is 10.3. The first-order chi connectivity index (χ1) is 5.70. The highest BCUT2D eigenvalue weighted by atomic mass is 79.9. The minimum Gasteiger partial charge on any atom is -0.378 e. The lowest BCUT2D eigenvalue weighted by molar-refractivity contribution is 0.111. The van der Waals surface area contributed by atoms with Gasteiger partial charge in [0.1, 0.15) is 4.60 Å². The van der Waals surface area contributed by atoms with Crippen LogP contribution in [-0.4, -0.2) is 23.2 Å². The van der Waals surface area contributed by atoms with E-state index in [1.165, 1.54) is 0 Å². The summed E-state index contributed by atoms with van der Waals surface area (Å²) >= 11 is 3.18. The lowest BCUT2D eigenvalue weighted by Gasteiger charge is -1.99. The van der Waals surface area contributed by atoms with Gasteiger partial charge in [0.2, 0.25) is 0 Å². The van der Waals surface area contributed by atoms with Crippen LogP contribution in [0.15, 0.2) is 4.60 Å². The molecule has 0 aliphatic rings. The maximum absolute atomic E-state index is 10.6. The number of carbonyl (C=O) groups is 1.